The highest BCUT2D eigenvalue weighted by atomic mass is 32.1. The van der Waals surface area contributed by atoms with Crippen LogP contribution in [0.1, 0.15) is 48.3 Å². The van der Waals surface area contributed by atoms with Crippen LogP contribution in [0.2, 0.25) is 0 Å². The third-order valence-corrected chi connectivity index (χ3v) is 6.13. The molecule has 0 aliphatic heterocycles. The van der Waals surface area contributed by atoms with Gasteiger partial charge in [-0.3, -0.25) is 4.79 Å². The fourth-order valence-electron chi connectivity index (χ4n) is 3.65. The Balaban J connectivity index is 1.56. The van der Waals surface area contributed by atoms with E-state index in [0.29, 0.717) is 10.9 Å². The second-order valence-corrected chi connectivity index (χ2v) is 7.75. The van der Waals surface area contributed by atoms with E-state index in [-0.39, 0.29) is 17.5 Å². The van der Waals surface area contributed by atoms with Gasteiger partial charge in [0, 0.05) is 11.6 Å². The number of benzene rings is 1. The van der Waals surface area contributed by atoms with Crippen LogP contribution in [0.15, 0.2) is 24.3 Å². The summed E-state index contributed by atoms with van der Waals surface area (Å²) in [7, 11) is 0. The molecule has 0 spiro atoms. The molecule has 4 nitrogen and oxygen atoms in total. The minimum absolute atomic E-state index is 0.0603. The van der Waals surface area contributed by atoms with Crippen molar-refractivity contribution in [3.63, 3.8) is 0 Å². The number of amides is 1. The van der Waals surface area contributed by atoms with E-state index >= 15 is 0 Å². The maximum absolute atomic E-state index is 12.6. The molecule has 2 aliphatic carbocycles. The van der Waals surface area contributed by atoms with Gasteiger partial charge in [-0.05, 0) is 43.7 Å². The highest BCUT2D eigenvalue weighted by molar-refractivity contribution is 7.20. The molecular weight excluding hydrogens is 294 g/mol. The summed E-state index contributed by atoms with van der Waals surface area (Å²) >= 11 is 1.46. The monoisotopic (exact) mass is 315 g/mol. The summed E-state index contributed by atoms with van der Waals surface area (Å²) in [6.45, 7) is 0. The first-order valence-electron chi connectivity index (χ1n) is 8.11. The van der Waals surface area contributed by atoms with E-state index in [9.17, 15) is 4.79 Å². The van der Waals surface area contributed by atoms with Gasteiger partial charge >= 0.3 is 0 Å². The molecule has 116 valence electrons. The number of hydrogen-bond donors (Lipinski definition) is 2. The van der Waals surface area contributed by atoms with Gasteiger partial charge in [0.05, 0.1) is 10.2 Å². The van der Waals surface area contributed by atoms with Gasteiger partial charge in [0.25, 0.3) is 5.91 Å². The van der Waals surface area contributed by atoms with E-state index in [4.69, 9.17) is 5.73 Å². The van der Waals surface area contributed by atoms with Crippen molar-refractivity contribution in [1.29, 1.82) is 0 Å². The van der Waals surface area contributed by atoms with Gasteiger partial charge in [0.1, 0.15) is 0 Å². The van der Waals surface area contributed by atoms with E-state index in [1.54, 1.807) is 0 Å². The predicted octanol–water partition coefficient (Wildman–Crippen LogP) is 3.08. The van der Waals surface area contributed by atoms with E-state index < -0.39 is 0 Å². The highest BCUT2D eigenvalue weighted by Gasteiger charge is 2.50. The van der Waals surface area contributed by atoms with Crippen LogP contribution in [0, 0.1) is 5.92 Å². The van der Waals surface area contributed by atoms with Crippen LogP contribution in [0.4, 0.5) is 0 Å². The Morgan fingerprint density at radius 2 is 2.05 bits per heavy atom. The molecule has 1 aromatic heterocycles. The summed E-state index contributed by atoms with van der Waals surface area (Å²) in [5, 5.41) is 3.77. The zero-order chi connectivity index (χ0) is 15.2. The molecule has 2 aromatic rings. The minimum atomic E-state index is -0.179. The van der Waals surface area contributed by atoms with Gasteiger partial charge < -0.3 is 11.1 Å². The van der Waals surface area contributed by atoms with Gasteiger partial charge in [-0.25, -0.2) is 4.98 Å². The lowest BCUT2D eigenvalue weighted by Crippen LogP contribution is -2.53. The Morgan fingerprint density at radius 1 is 1.32 bits per heavy atom. The van der Waals surface area contributed by atoms with Gasteiger partial charge in [-0.15, -0.1) is 11.3 Å². The zero-order valence-electron chi connectivity index (χ0n) is 12.5. The Bertz CT molecular complexity index is 668. The van der Waals surface area contributed by atoms with Crippen LogP contribution in [-0.2, 0) is 0 Å². The van der Waals surface area contributed by atoms with Crippen LogP contribution in [0.5, 0.6) is 0 Å². The number of nitrogens with one attached hydrogen (secondary N) is 1. The molecule has 1 amide bonds. The smallest absolute Gasteiger partial charge is 0.280 e. The number of fused-ring (bicyclic) bond motifs is 1. The van der Waals surface area contributed by atoms with Crippen molar-refractivity contribution in [2.45, 2.75) is 50.1 Å². The summed E-state index contributed by atoms with van der Waals surface area (Å²) in [6.07, 6.45) is 6.93. The molecule has 2 saturated carbocycles. The molecule has 0 bridgehead atoms. The Hall–Kier alpha value is -1.46. The van der Waals surface area contributed by atoms with Crippen LogP contribution >= 0.6 is 11.3 Å². The van der Waals surface area contributed by atoms with Crippen molar-refractivity contribution in [3.05, 3.63) is 29.3 Å². The average Bonchev–Trinajstić information content (AvgIpc) is 2.99. The topological polar surface area (TPSA) is 68.0 Å². The lowest BCUT2D eigenvalue weighted by atomic mass is 9.90. The Morgan fingerprint density at radius 3 is 2.73 bits per heavy atom. The summed E-state index contributed by atoms with van der Waals surface area (Å²) in [6, 6.07) is 7.98. The van der Waals surface area contributed by atoms with Crippen molar-refractivity contribution >= 4 is 27.5 Å². The number of carbonyl (C=O) groups excluding carboxylic acids is 1. The number of carbonyl (C=O) groups is 1. The van der Waals surface area contributed by atoms with Crippen molar-refractivity contribution < 1.29 is 4.79 Å². The fourth-order valence-corrected chi connectivity index (χ4v) is 4.52. The molecule has 0 radical (unpaired) electrons. The third kappa shape index (κ3) is 2.52. The first-order chi connectivity index (χ1) is 10.7. The van der Waals surface area contributed by atoms with Crippen molar-refractivity contribution in [1.82, 2.24) is 10.3 Å². The molecule has 22 heavy (non-hydrogen) atoms. The Labute approximate surface area is 134 Å². The largest absolute Gasteiger partial charge is 0.345 e. The number of aromatic nitrogens is 1. The number of rotatable bonds is 4. The first kappa shape index (κ1) is 14.2. The van der Waals surface area contributed by atoms with Crippen molar-refractivity contribution in [3.8, 4) is 0 Å². The quantitative estimate of drug-likeness (QED) is 0.911. The van der Waals surface area contributed by atoms with Crippen LogP contribution in [0.3, 0.4) is 0 Å². The predicted molar refractivity (Wildman–Crippen MR) is 89.0 cm³/mol. The number of nitrogens with zero attached hydrogens (tertiary/aromatic N) is 1. The standard InChI is InChI=1S/C17H21N3OS/c18-17(9-10-17)14(11-5-1-2-6-11)20-15(21)16-19-12-7-3-4-8-13(12)22-16/h3-4,7-8,11,14H,1-2,5-6,9-10,18H2,(H,20,21). The summed E-state index contributed by atoms with van der Waals surface area (Å²) in [5.74, 6) is 0.473. The van der Waals surface area contributed by atoms with E-state index in [0.717, 1.165) is 23.1 Å². The van der Waals surface area contributed by atoms with Crippen LogP contribution < -0.4 is 11.1 Å². The molecule has 4 rings (SSSR count). The van der Waals surface area contributed by atoms with Crippen LogP contribution in [-0.4, -0.2) is 22.5 Å². The van der Waals surface area contributed by atoms with Crippen molar-refractivity contribution in [2.75, 3.05) is 0 Å². The van der Waals surface area contributed by atoms with Gasteiger partial charge in [0.2, 0.25) is 0 Å². The molecule has 3 N–H and O–H groups in total. The SMILES string of the molecule is NC1(C(NC(=O)c2nc3ccccc3s2)C2CCCC2)CC1. The number of nitrogens with two attached hydrogens (primary N) is 1. The molecule has 1 unspecified atom stereocenters. The molecule has 1 heterocycles. The number of hydrogen-bond acceptors (Lipinski definition) is 4. The molecule has 2 fully saturated rings. The maximum Gasteiger partial charge on any atom is 0.280 e. The second kappa shape index (κ2) is 5.32. The fraction of sp³-hybridized carbons (Fsp3) is 0.529. The van der Waals surface area contributed by atoms with Gasteiger partial charge in [-0.1, -0.05) is 25.0 Å². The lowest BCUT2D eigenvalue weighted by Gasteiger charge is -2.30. The molecule has 1 atom stereocenters. The van der Waals surface area contributed by atoms with Crippen LogP contribution in [0.25, 0.3) is 10.2 Å². The summed E-state index contributed by atoms with van der Waals surface area (Å²) < 4.78 is 1.05. The zero-order valence-corrected chi connectivity index (χ0v) is 13.4. The number of thiazole rings is 1. The average molecular weight is 315 g/mol. The van der Waals surface area contributed by atoms with E-state index in [1.165, 1.54) is 37.0 Å². The van der Waals surface area contributed by atoms with Crippen molar-refractivity contribution in [2.24, 2.45) is 11.7 Å². The van der Waals surface area contributed by atoms with E-state index in [2.05, 4.69) is 10.3 Å². The molecule has 1 aromatic carbocycles. The molecule has 0 saturated heterocycles. The number of para-hydroxylation sites is 1. The third-order valence-electron chi connectivity index (χ3n) is 5.09. The molecular formula is C17H21N3OS. The van der Waals surface area contributed by atoms with Gasteiger partial charge in [-0.2, -0.15) is 0 Å². The second-order valence-electron chi connectivity index (χ2n) is 6.72. The highest BCUT2D eigenvalue weighted by Crippen LogP contribution is 2.43. The summed E-state index contributed by atoms with van der Waals surface area (Å²) in [5.41, 5.74) is 7.15. The maximum atomic E-state index is 12.6. The van der Waals surface area contributed by atoms with E-state index in [1.807, 2.05) is 24.3 Å². The first-order valence-corrected chi connectivity index (χ1v) is 8.93. The summed E-state index contributed by atoms with van der Waals surface area (Å²) in [4.78, 5) is 17.1. The Kier molecular flexibility index (Phi) is 3.42. The normalized spacial score (nSPS) is 21.9. The molecule has 2 aliphatic rings. The van der Waals surface area contributed by atoms with Gasteiger partial charge in [0.15, 0.2) is 5.01 Å². The molecule has 5 heteroatoms. The lowest BCUT2D eigenvalue weighted by molar-refractivity contribution is 0.0908. The minimum Gasteiger partial charge on any atom is -0.345 e.